The third-order valence-electron chi connectivity index (χ3n) is 4.40. The van der Waals surface area contributed by atoms with E-state index in [2.05, 4.69) is 25.4 Å². The third-order valence-corrected chi connectivity index (χ3v) is 4.40. The Balaban J connectivity index is 1.52. The van der Waals surface area contributed by atoms with Crippen molar-refractivity contribution in [1.29, 1.82) is 0 Å². The van der Waals surface area contributed by atoms with Gasteiger partial charge in [0.2, 0.25) is 5.82 Å². The van der Waals surface area contributed by atoms with Crippen LogP contribution in [0, 0.1) is 5.92 Å². The van der Waals surface area contributed by atoms with Gasteiger partial charge in [0.15, 0.2) is 0 Å². The molecule has 1 amide bonds. The van der Waals surface area contributed by atoms with Crippen molar-refractivity contribution in [2.24, 2.45) is 5.92 Å². The molecule has 1 aliphatic rings. The Kier molecular flexibility index (Phi) is 4.39. The maximum Gasteiger partial charge on any atom is 0.291 e. The summed E-state index contributed by atoms with van der Waals surface area (Å²) in [4.78, 5) is 27.1. The molecule has 25 heavy (non-hydrogen) atoms. The minimum atomic E-state index is -0.148. The number of aromatic nitrogens is 4. The van der Waals surface area contributed by atoms with Crippen molar-refractivity contribution in [1.82, 2.24) is 24.3 Å². The Hall–Kier alpha value is -2.80. The molecule has 128 valence electrons. The van der Waals surface area contributed by atoms with E-state index in [1.165, 1.54) is 0 Å². The Bertz CT molecular complexity index is 864. The van der Waals surface area contributed by atoms with Crippen LogP contribution in [-0.2, 0) is 11.2 Å². The van der Waals surface area contributed by atoms with Gasteiger partial charge in [0.1, 0.15) is 0 Å². The first-order valence-electron chi connectivity index (χ1n) is 8.36. The maximum absolute atomic E-state index is 12.6. The van der Waals surface area contributed by atoms with Gasteiger partial charge in [-0.05, 0) is 24.6 Å². The molecule has 1 saturated heterocycles. The molecule has 0 saturated carbocycles. The van der Waals surface area contributed by atoms with Crippen LogP contribution in [0.15, 0.2) is 49.2 Å². The van der Waals surface area contributed by atoms with Crippen LogP contribution < -0.4 is 0 Å². The van der Waals surface area contributed by atoms with Crippen molar-refractivity contribution in [3.8, 4) is 0 Å². The highest BCUT2D eigenvalue weighted by Crippen LogP contribution is 2.17. The lowest BCUT2D eigenvalue weighted by Crippen LogP contribution is -2.37. The Morgan fingerprint density at radius 2 is 2.04 bits per heavy atom. The Morgan fingerprint density at radius 1 is 1.16 bits per heavy atom. The van der Waals surface area contributed by atoms with Gasteiger partial charge in [-0.2, -0.15) is 0 Å². The average molecular weight is 337 g/mol. The zero-order valence-electron chi connectivity index (χ0n) is 13.8. The van der Waals surface area contributed by atoms with Crippen LogP contribution in [0.5, 0.6) is 0 Å². The molecule has 4 rings (SSSR count). The molecule has 0 aliphatic carbocycles. The highest BCUT2D eigenvalue weighted by molar-refractivity contribution is 5.90. The SMILES string of the molecule is O=C(c1ncccn1)N1CCOCC(Cc2nccn3cccc23)C1. The largest absolute Gasteiger partial charge is 0.379 e. The van der Waals surface area contributed by atoms with E-state index in [0.717, 1.165) is 17.6 Å². The van der Waals surface area contributed by atoms with E-state index in [-0.39, 0.29) is 17.6 Å². The molecule has 3 aromatic heterocycles. The van der Waals surface area contributed by atoms with E-state index in [4.69, 9.17) is 4.74 Å². The van der Waals surface area contributed by atoms with Gasteiger partial charge in [-0.25, -0.2) is 9.97 Å². The summed E-state index contributed by atoms with van der Waals surface area (Å²) in [6.07, 6.45) is 9.68. The molecule has 0 aromatic carbocycles. The van der Waals surface area contributed by atoms with Crippen LogP contribution in [0.3, 0.4) is 0 Å². The number of hydrogen-bond acceptors (Lipinski definition) is 5. The van der Waals surface area contributed by atoms with E-state index in [1.54, 1.807) is 29.6 Å². The average Bonchev–Trinajstić information content (AvgIpc) is 3.02. The summed E-state index contributed by atoms with van der Waals surface area (Å²) in [5.74, 6) is 0.267. The molecule has 1 fully saturated rings. The van der Waals surface area contributed by atoms with Gasteiger partial charge in [-0.1, -0.05) is 0 Å². The number of amides is 1. The first-order valence-corrected chi connectivity index (χ1v) is 8.36. The second kappa shape index (κ2) is 6.98. The van der Waals surface area contributed by atoms with Crippen LogP contribution in [0.1, 0.15) is 16.3 Å². The third kappa shape index (κ3) is 3.36. The van der Waals surface area contributed by atoms with E-state index >= 15 is 0 Å². The summed E-state index contributed by atoms with van der Waals surface area (Å²) < 4.78 is 7.78. The minimum absolute atomic E-state index is 0.148. The fourth-order valence-corrected chi connectivity index (χ4v) is 3.20. The predicted octanol–water partition coefficient (Wildman–Crippen LogP) is 1.46. The van der Waals surface area contributed by atoms with Crippen molar-refractivity contribution in [2.45, 2.75) is 6.42 Å². The molecule has 7 heteroatoms. The van der Waals surface area contributed by atoms with Gasteiger partial charge in [0.05, 0.1) is 24.4 Å². The molecule has 3 aromatic rings. The van der Waals surface area contributed by atoms with Gasteiger partial charge in [-0.3, -0.25) is 9.78 Å². The fourth-order valence-electron chi connectivity index (χ4n) is 3.20. The van der Waals surface area contributed by atoms with Crippen LogP contribution in [0.25, 0.3) is 5.52 Å². The molecule has 4 heterocycles. The van der Waals surface area contributed by atoms with Gasteiger partial charge >= 0.3 is 0 Å². The van der Waals surface area contributed by atoms with E-state index < -0.39 is 0 Å². The first-order chi connectivity index (χ1) is 12.3. The minimum Gasteiger partial charge on any atom is -0.379 e. The molecule has 0 bridgehead atoms. The first kappa shape index (κ1) is 15.7. The van der Waals surface area contributed by atoms with Crippen molar-refractivity contribution < 1.29 is 9.53 Å². The van der Waals surface area contributed by atoms with Gasteiger partial charge in [0.25, 0.3) is 5.91 Å². The van der Waals surface area contributed by atoms with Crippen LogP contribution in [0.4, 0.5) is 0 Å². The number of hydrogen-bond donors (Lipinski definition) is 0. The summed E-state index contributed by atoms with van der Waals surface area (Å²) in [5.41, 5.74) is 2.11. The number of nitrogens with zero attached hydrogens (tertiary/aromatic N) is 5. The number of ether oxygens (including phenoxy) is 1. The monoisotopic (exact) mass is 337 g/mol. The maximum atomic E-state index is 12.6. The lowest BCUT2D eigenvalue weighted by molar-refractivity contribution is 0.0725. The van der Waals surface area contributed by atoms with Crippen molar-refractivity contribution in [3.63, 3.8) is 0 Å². The molecule has 0 radical (unpaired) electrons. The van der Waals surface area contributed by atoms with Crippen LogP contribution in [-0.4, -0.2) is 56.5 Å². The van der Waals surface area contributed by atoms with Crippen LogP contribution >= 0.6 is 0 Å². The predicted molar refractivity (Wildman–Crippen MR) is 91.1 cm³/mol. The van der Waals surface area contributed by atoms with E-state index in [1.807, 2.05) is 18.5 Å². The van der Waals surface area contributed by atoms with Gasteiger partial charge in [-0.15, -0.1) is 0 Å². The Morgan fingerprint density at radius 3 is 2.92 bits per heavy atom. The molecule has 1 unspecified atom stereocenters. The van der Waals surface area contributed by atoms with Gasteiger partial charge in [0, 0.05) is 50.0 Å². The van der Waals surface area contributed by atoms with Crippen LogP contribution in [0.2, 0.25) is 0 Å². The number of carbonyl (C=O) groups is 1. The zero-order valence-corrected chi connectivity index (χ0v) is 13.8. The lowest BCUT2D eigenvalue weighted by Gasteiger charge is -2.22. The fraction of sp³-hybridized carbons (Fsp3) is 0.333. The second-order valence-electron chi connectivity index (χ2n) is 6.14. The Labute approximate surface area is 145 Å². The quantitative estimate of drug-likeness (QED) is 0.723. The molecular formula is C18H19N5O2. The summed E-state index contributed by atoms with van der Waals surface area (Å²) in [5, 5.41) is 0. The van der Waals surface area contributed by atoms with E-state index in [0.29, 0.717) is 26.3 Å². The number of rotatable bonds is 3. The second-order valence-corrected chi connectivity index (χ2v) is 6.14. The summed E-state index contributed by atoms with van der Waals surface area (Å²) >= 11 is 0. The smallest absolute Gasteiger partial charge is 0.291 e. The number of carbonyl (C=O) groups excluding carboxylic acids is 1. The van der Waals surface area contributed by atoms with E-state index in [9.17, 15) is 4.79 Å². The molecule has 7 nitrogen and oxygen atoms in total. The molecule has 1 aliphatic heterocycles. The van der Waals surface area contributed by atoms with Crippen molar-refractivity contribution >= 4 is 11.4 Å². The zero-order chi connectivity index (χ0) is 17.1. The molecule has 0 spiro atoms. The number of fused-ring (bicyclic) bond motifs is 1. The summed E-state index contributed by atoms with van der Waals surface area (Å²) in [7, 11) is 0. The van der Waals surface area contributed by atoms with Crippen molar-refractivity contribution in [3.05, 3.63) is 60.7 Å². The highest BCUT2D eigenvalue weighted by atomic mass is 16.5. The topological polar surface area (TPSA) is 72.6 Å². The van der Waals surface area contributed by atoms with Crippen molar-refractivity contribution in [2.75, 3.05) is 26.3 Å². The highest BCUT2D eigenvalue weighted by Gasteiger charge is 2.25. The van der Waals surface area contributed by atoms with Gasteiger partial charge < -0.3 is 14.0 Å². The standard InChI is InChI=1S/C18H19N5O2/c24-18(17-20-4-2-5-21-17)23-9-10-25-13-14(12-23)11-15-16-3-1-7-22(16)8-6-19-15/h1-8,14H,9-13H2. The summed E-state index contributed by atoms with van der Waals surface area (Å²) in [6, 6.07) is 5.77. The molecular weight excluding hydrogens is 318 g/mol. The summed E-state index contributed by atoms with van der Waals surface area (Å²) in [6.45, 7) is 2.30. The molecule has 1 atom stereocenters. The lowest BCUT2D eigenvalue weighted by atomic mass is 10.0. The normalized spacial score (nSPS) is 18.2. The molecule has 0 N–H and O–H groups in total.